The van der Waals surface area contributed by atoms with E-state index in [1.807, 2.05) is 0 Å². The average molecular weight is 297 g/mol. The molecule has 1 aromatic rings. The fraction of sp³-hybridized carbons (Fsp3) is 0.375. The van der Waals surface area contributed by atoms with E-state index in [0.717, 1.165) is 13.3 Å². The highest BCUT2D eigenvalue weighted by Gasteiger charge is 2.50. The standard InChI is InChI=1S/C8H13NO7P2/c1-16-18(14,15)8(17(11,12)13)7(10)6-3-2-4-9-5-6/h2-5,7-8,10H,1H3,(H,14,15)(H2,11,12,13). The van der Waals surface area contributed by atoms with Gasteiger partial charge in [0.15, 0.2) is 5.40 Å². The van der Waals surface area contributed by atoms with Crippen LogP contribution in [0.25, 0.3) is 0 Å². The Hall–Kier alpha value is -0.590. The van der Waals surface area contributed by atoms with Crippen molar-refractivity contribution in [3.05, 3.63) is 30.1 Å². The molecule has 3 atom stereocenters. The Labute approximate surface area is 103 Å². The van der Waals surface area contributed by atoms with Crippen molar-refractivity contribution in [3.8, 4) is 0 Å². The molecule has 1 aromatic heterocycles. The van der Waals surface area contributed by atoms with Crippen LogP contribution < -0.4 is 0 Å². The van der Waals surface area contributed by atoms with Gasteiger partial charge in [0.1, 0.15) is 6.10 Å². The van der Waals surface area contributed by atoms with E-state index in [4.69, 9.17) is 9.79 Å². The molecule has 0 aliphatic rings. The highest BCUT2D eigenvalue weighted by Crippen LogP contribution is 2.66. The molecule has 3 unspecified atom stereocenters. The number of nitrogens with zero attached hydrogens (tertiary/aromatic N) is 1. The summed E-state index contributed by atoms with van der Waals surface area (Å²) >= 11 is 0. The lowest BCUT2D eigenvalue weighted by Crippen LogP contribution is -2.20. The van der Waals surface area contributed by atoms with Crippen LogP contribution in [-0.2, 0) is 13.7 Å². The van der Waals surface area contributed by atoms with Crippen LogP contribution in [0.2, 0.25) is 0 Å². The first-order valence-corrected chi connectivity index (χ1v) is 8.04. The molecule has 102 valence electrons. The normalized spacial score (nSPS) is 18.9. The molecule has 0 aliphatic heterocycles. The number of rotatable bonds is 5. The molecule has 10 heteroatoms. The first-order valence-electron chi connectivity index (χ1n) is 4.71. The van der Waals surface area contributed by atoms with Crippen molar-refractivity contribution in [1.29, 1.82) is 0 Å². The molecular formula is C8H13NO7P2. The molecule has 0 fully saturated rings. The van der Waals surface area contributed by atoms with Gasteiger partial charge in [-0.25, -0.2) is 0 Å². The Morgan fingerprint density at radius 1 is 1.33 bits per heavy atom. The Kier molecular flexibility index (Phi) is 4.80. The monoisotopic (exact) mass is 297 g/mol. The zero-order valence-electron chi connectivity index (χ0n) is 9.32. The minimum absolute atomic E-state index is 0.0113. The van der Waals surface area contributed by atoms with Gasteiger partial charge in [0.05, 0.1) is 0 Å². The van der Waals surface area contributed by atoms with Crippen molar-refractivity contribution in [2.45, 2.75) is 11.5 Å². The first-order chi connectivity index (χ1) is 8.20. The van der Waals surface area contributed by atoms with Crippen LogP contribution in [0.3, 0.4) is 0 Å². The van der Waals surface area contributed by atoms with Gasteiger partial charge in [0.2, 0.25) is 0 Å². The van der Waals surface area contributed by atoms with Gasteiger partial charge < -0.3 is 24.3 Å². The van der Waals surface area contributed by atoms with Crippen molar-refractivity contribution < 1.29 is 33.4 Å². The summed E-state index contributed by atoms with van der Waals surface area (Å²) < 4.78 is 27.1. The van der Waals surface area contributed by atoms with E-state index in [-0.39, 0.29) is 5.56 Å². The maximum atomic E-state index is 11.6. The molecular weight excluding hydrogens is 284 g/mol. The van der Waals surface area contributed by atoms with Crippen LogP contribution >= 0.6 is 15.2 Å². The molecule has 0 radical (unpaired) electrons. The Bertz CT molecular complexity index is 487. The number of pyridine rings is 1. The predicted octanol–water partition coefficient (Wildman–Crippen LogP) is 0.451. The SMILES string of the molecule is COP(=O)(O)C(C(O)c1cccnc1)P(=O)(O)O. The number of hydrogen-bond acceptors (Lipinski definition) is 5. The van der Waals surface area contributed by atoms with Crippen LogP contribution in [0.1, 0.15) is 11.7 Å². The zero-order chi connectivity index (χ0) is 14.0. The lowest BCUT2D eigenvalue weighted by Gasteiger charge is -2.26. The molecule has 0 bridgehead atoms. The quantitative estimate of drug-likeness (QED) is 0.575. The van der Waals surface area contributed by atoms with Crippen LogP contribution in [0.15, 0.2) is 24.5 Å². The van der Waals surface area contributed by atoms with E-state index in [2.05, 4.69) is 9.51 Å². The lowest BCUT2D eigenvalue weighted by molar-refractivity contribution is 0.165. The zero-order valence-corrected chi connectivity index (χ0v) is 11.1. The highest BCUT2D eigenvalue weighted by molar-refractivity contribution is 7.71. The third kappa shape index (κ3) is 3.46. The fourth-order valence-corrected chi connectivity index (χ4v) is 4.47. The lowest BCUT2D eigenvalue weighted by atomic mass is 10.2. The van der Waals surface area contributed by atoms with Gasteiger partial charge in [-0.3, -0.25) is 14.1 Å². The van der Waals surface area contributed by atoms with E-state index in [9.17, 15) is 19.1 Å². The highest BCUT2D eigenvalue weighted by atomic mass is 31.2. The minimum Gasteiger partial charge on any atom is -0.387 e. The summed E-state index contributed by atoms with van der Waals surface area (Å²) in [7, 11) is -8.89. The molecule has 4 N–H and O–H groups in total. The third-order valence-electron chi connectivity index (χ3n) is 2.25. The number of hydrogen-bond donors (Lipinski definition) is 4. The second-order valence-electron chi connectivity index (χ2n) is 3.48. The molecule has 8 nitrogen and oxygen atoms in total. The summed E-state index contributed by atoms with van der Waals surface area (Å²) in [6.45, 7) is 0. The maximum Gasteiger partial charge on any atom is 0.346 e. The van der Waals surface area contributed by atoms with Crippen molar-refractivity contribution in [2.75, 3.05) is 7.11 Å². The minimum atomic E-state index is -5.05. The molecule has 18 heavy (non-hydrogen) atoms. The second-order valence-corrected chi connectivity index (χ2v) is 7.67. The average Bonchev–Trinajstić information content (AvgIpc) is 2.28. The summed E-state index contributed by atoms with van der Waals surface area (Å²) in [5.74, 6) is 0. The Balaban J connectivity index is 3.22. The smallest absolute Gasteiger partial charge is 0.346 e. The molecule has 1 heterocycles. The van der Waals surface area contributed by atoms with Gasteiger partial charge in [-0.15, -0.1) is 0 Å². The molecule has 0 aliphatic carbocycles. The van der Waals surface area contributed by atoms with E-state index in [1.54, 1.807) is 0 Å². The molecule has 1 rings (SSSR count). The van der Waals surface area contributed by atoms with Crippen LogP contribution in [0.5, 0.6) is 0 Å². The van der Waals surface area contributed by atoms with E-state index in [0.29, 0.717) is 0 Å². The van der Waals surface area contributed by atoms with E-state index in [1.165, 1.54) is 18.3 Å². The fourth-order valence-electron chi connectivity index (χ4n) is 1.38. The van der Waals surface area contributed by atoms with Gasteiger partial charge in [-0.05, 0) is 6.07 Å². The second kappa shape index (κ2) is 5.59. The van der Waals surface area contributed by atoms with E-state index < -0.39 is 26.7 Å². The summed E-state index contributed by atoms with van der Waals surface area (Å²) in [6, 6.07) is 2.75. The molecule has 0 amide bonds. The van der Waals surface area contributed by atoms with Gasteiger partial charge in [-0.1, -0.05) is 6.07 Å². The summed E-state index contributed by atoms with van der Waals surface area (Å²) in [5, 5.41) is 7.59. The van der Waals surface area contributed by atoms with Crippen LogP contribution in [-0.4, -0.2) is 37.3 Å². The third-order valence-corrected chi connectivity index (χ3v) is 6.47. The number of aromatic nitrogens is 1. The van der Waals surface area contributed by atoms with Gasteiger partial charge in [0.25, 0.3) is 0 Å². The van der Waals surface area contributed by atoms with Crippen LogP contribution in [0.4, 0.5) is 0 Å². The number of aliphatic hydroxyl groups is 1. The van der Waals surface area contributed by atoms with Crippen molar-refractivity contribution >= 4 is 15.2 Å². The molecule has 0 aromatic carbocycles. The molecule has 0 saturated carbocycles. The van der Waals surface area contributed by atoms with Gasteiger partial charge in [-0.2, -0.15) is 0 Å². The van der Waals surface area contributed by atoms with Crippen molar-refractivity contribution in [2.24, 2.45) is 0 Å². The van der Waals surface area contributed by atoms with Crippen LogP contribution in [0, 0.1) is 0 Å². The first kappa shape index (κ1) is 15.5. The molecule has 0 spiro atoms. The summed E-state index contributed by atoms with van der Waals surface area (Å²) in [4.78, 5) is 31.3. The summed E-state index contributed by atoms with van der Waals surface area (Å²) in [6.07, 6.45) is 0.663. The van der Waals surface area contributed by atoms with Crippen molar-refractivity contribution in [1.82, 2.24) is 4.98 Å². The largest absolute Gasteiger partial charge is 0.387 e. The Morgan fingerprint density at radius 3 is 2.33 bits per heavy atom. The maximum absolute atomic E-state index is 11.6. The number of aliphatic hydroxyl groups excluding tert-OH is 1. The predicted molar refractivity (Wildman–Crippen MR) is 61.9 cm³/mol. The Morgan fingerprint density at radius 2 is 1.94 bits per heavy atom. The van der Waals surface area contributed by atoms with Gasteiger partial charge >= 0.3 is 15.2 Å². The molecule has 0 saturated heterocycles. The topological polar surface area (TPSA) is 137 Å². The van der Waals surface area contributed by atoms with Crippen molar-refractivity contribution in [3.63, 3.8) is 0 Å². The van der Waals surface area contributed by atoms with E-state index >= 15 is 0 Å². The summed E-state index contributed by atoms with van der Waals surface area (Å²) in [5.41, 5.74) is 0.0113. The van der Waals surface area contributed by atoms with Gasteiger partial charge in [0, 0.05) is 25.1 Å².